The van der Waals surface area contributed by atoms with Crippen molar-refractivity contribution in [1.29, 1.82) is 0 Å². The molecule has 4 nitrogen and oxygen atoms in total. The van der Waals surface area contributed by atoms with E-state index in [-0.39, 0.29) is 5.69 Å². The maximum atomic E-state index is 10.8. The molecule has 2 aromatic carbocycles. The van der Waals surface area contributed by atoms with Crippen LogP contribution in [0.5, 0.6) is 0 Å². The van der Waals surface area contributed by atoms with Crippen molar-refractivity contribution in [2.24, 2.45) is 0 Å². The molecule has 0 unspecified atom stereocenters. The fourth-order valence-electron chi connectivity index (χ4n) is 2.28. The zero-order valence-corrected chi connectivity index (χ0v) is 12.1. The van der Waals surface area contributed by atoms with E-state index in [4.69, 9.17) is 11.6 Å². The summed E-state index contributed by atoms with van der Waals surface area (Å²) in [6.07, 6.45) is 2.59. The topological polar surface area (TPSA) is 55.2 Å². The summed E-state index contributed by atoms with van der Waals surface area (Å²) in [6.45, 7) is 0.589. The van der Waals surface area contributed by atoms with Crippen LogP contribution in [0.2, 0.25) is 5.02 Å². The minimum Gasteiger partial charge on any atom is -0.380 e. The molecule has 21 heavy (non-hydrogen) atoms. The Morgan fingerprint density at radius 2 is 1.90 bits per heavy atom. The van der Waals surface area contributed by atoms with Gasteiger partial charge in [0.05, 0.1) is 15.6 Å². The van der Waals surface area contributed by atoms with Crippen molar-refractivity contribution in [3.63, 3.8) is 0 Å². The van der Waals surface area contributed by atoms with Gasteiger partial charge in [-0.25, -0.2) is 0 Å². The summed E-state index contributed by atoms with van der Waals surface area (Å²) in [5.41, 5.74) is 3.14. The average molecular weight is 303 g/mol. The number of nitrogens with zero attached hydrogens (tertiary/aromatic N) is 1. The van der Waals surface area contributed by atoms with E-state index in [0.29, 0.717) is 17.3 Å². The van der Waals surface area contributed by atoms with Crippen LogP contribution in [0, 0.1) is 10.1 Å². The predicted octanol–water partition coefficient (Wildman–Crippen LogP) is 4.74. The minimum absolute atomic E-state index is 0.0333. The molecule has 1 aliphatic carbocycles. The highest BCUT2D eigenvalue weighted by Crippen LogP contribution is 2.39. The number of non-ortho nitro benzene ring substituents is 1. The summed E-state index contributed by atoms with van der Waals surface area (Å²) < 4.78 is 0. The van der Waals surface area contributed by atoms with Gasteiger partial charge >= 0.3 is 0 Å². The van der Waals surface area contributed by atoms with Crippen LogP contribution in [0.1, 0.15) is 29.9 Å². The number of hydrogen-bond acceptors (Lipinski definition) is 3. The first-order valence-electron chi connectivity index (χ1n) is 6.90. The number of nitro benzene ring substituents is 1. The van der Waals surface area contributed by atoms with Gasteiger partial charge in [0.2, 0.25) is 0 Å². The second-order valence-electron chi connectivity index (χ2n) is 5.29. The van der Waals surface area contributed by atoms with Gasteiger partial charge < -0.3 is 5.32 Å². The molecule has 0 atom stereocenters. The number of anilines is 1. The van der Waals surface area contributed by atoms with E-state index in [1.54, 1.807) is 0 Å². The Bertz CT molecular complexity index is 666. The molecule has 0 heterocycles. The van der Waals surface area contributed by atoms with Gasteiger partial charge in [-0.05, 0) is 36.0 Å². The molecule has 1 saturated carbocycles. The SMILES string of the molecule is O=[N+]([O-])c1ccc(Cl)c(NCc2ccc(C3CC3)cc2)c1. The minimum atomic E-state index is -0.425. The van der Waals surface area contributed by atoms with Crippen molar-refractivity contribution < 1.29 is 4.92 Å². The largest absolute Gasteiger partial charge is 0.380 e. The molecular weight excluding hydrogens is 288 g/mol. The third kappa shape index (κ3) is 3.34. The van der Waals surface area contributed by atoms with E-state index in [9.17, 15) is 10.1 Å². The van der Waals surface area contributed by atoms with E-state index < -0.39 is 4.92 Å². The molecule has 0 aromatic heterocycles. The lowest BCUT2D eigenvalue weighted by Crippen LogP contribution is -2.01. The van der Waals surface area contributed by atoms with Gasteiger partial charge in [0, 0.05) is 18.7 Å². The second-order valence-corrected chi connectivity index (χ2v) is 5.70. The average Bonchev–Trinajstić information content (AvgIpc) is 3.31. The molecule has 0 bridgehead atoms. The Morgan fingerprint density at radius 3 is 2.52 bits per heavy atom. The van der Waals surface area contributed by atoms with E-state index in [2.05, 4.69) is 29.6 Å². The third-order valence-corrected chi connectivity index (χ3v) is 4.00. The van der Waals surface area contributed by atoms with E-state index >= 15 is 0 Å². The highest BCUT2D eigenvalue weighted by molar-refractivity contribution is 6.33. The molecule has 108 valence electrons. The zero-order chi connectivity index (χ0) is 14.8. The van der Waals surface area contributed by atoms with E-state index in [0.717, 1.165) is 11.5 Å². The van der Waals surface area contributed by atoms with Crippen molar-refractivity contribution in [1.82, 2.24) is 0 Å². The number of nitro groups is 1. The molecule has 0 spiro atoms. The number of nitrogens with one attached hydrogen (secondary N) is 1. The van der Waals surface area contributed by atoms with Crippen molar-refractivity contribution in [3.8, 4) is 0 Å². The number of rotatable bonds is 5. The highest BCUT2D eigenvalue weighted by Gasteiger charge is 2.22. The van der Waals surface area contributed by atoms with Crippen LogP contribution in [0.15, 0.2) is 42.5 Å². The maximum Gasteiger partial charge on any atom is 0.271 e. The highest BCUT2D eigenvalue weighted by atomic mass is 35.5. The molecule has 3 rings (SSSR count). The Morgan fingerprint density at radius 1 is 1.19 bits per heavy atom. The molecule has 0 amide bonds. The quantitative estimate of drug-likeness (QED) is 0.641. The molecule has 2 aromatic rings. The Labute approximate surface area is 127 Å². The van der Waals surface area contributed by atoms with Gasteiger partial charge in [-0.3, -0.25) is 10.1 Å². The summed E-state index contributed by atoms with van der Waals surface area (Å²) in [4.78, 5) is 10.4. The summed E-state index contributed by atoms with van der Waals surface area (Å²) in [7, 11) is 0. The first kappa shape index (κ1) is 13.9. The van der Waals surface area contributed by atoms with Gasteiger partial charge in [0.1, 0.15) is 0 Å². The lowest BCUT2D eigenvalue weighted by atomic mass is 10.1. The summed E-state index contributed by atoms with van der Waals surface area (Å²) in [5.74, 6) is 0.748. The van der Waals surface area contributed by atoms with Gasteiger partial charge in [0.15, 0.2) is 0 Å². The monoisotopic (exact) mass is 302 g/mol. The molecule has 1 fully saturated rings. The fraction of sp³-hybridized carbons (Fsp3) is 0.250. The number of benzene rings is 2. The smallest absolute Gasteiger partial charge is 0.271 e. The second kappa shape index (κ2) is 5.74. The summed E-state index contributed by atoms with van der Waals surface area (Å²) in [5, 5.41) is 14.4. The van der Waals surface area contributed by atoms with Crippen LogP contribution in [-0.4, -0.2) is 4.92 Å². The molecule has 5 heteroatoms. The number of halogens is 1. The summed E-state index contributed by atoms with van der Waals surface area (Å²) >= 11 is 6.06. The van der Waals surface area contributed by atoms with Crippen LogP contribution in [0.25, 0.3) is 0 Å². The van der Waals surface area contributed by atoms with Crippen LogP contribution >= 0.6 is 11.6 Å². The summed E-state index contributed by atoms with van der Waals surface area (Å²) in [6, 6.07) is 12.9. The lowest BCUT2D eigenvalue weighted by Gasteiger charge is -2.09. The third-order valence-electron chi connectivity index (χ3n) is 3.67. The van der Waals surface area contributed by atoms with Gasteiger partial charge in [-0.15, -0.1) is 0 Å². The molecule has 1 N–H and O–H groups in total. The molecular formula is C16H15ClN2O2. The van der Waals surface area contributed by atoms with Gasteiger partial charge in [0.25, 0.3) is 5.69 Å². The van der Waals surface area contributed by atoms with Gasteiger partial charge in [-0.1, -0.05) is 35.9 Å². The van der Waals surface area contributed by atoms with Crippen LogP contribution in [0.3, 0.4) is 0 Å². The molecule has 0 aliphatic heterocycles. The fourth-order valence-corrected chi connectivity index (χ4v) is 2.47. The Kier molecular flexibility index (Phi) is 3.80. The van der Waals surface area contributed by atoms with Crippen molar-refractivity contribution in [2.45, 2.75) is 25.3 Å². The van der Waals surface area contributed by atoms with Gasteiger partial charge in [-0.2, -0.15) is 0 Å². The zero-order valence-electron chi connectivity index (χ0n) is 11.4. The first-order chi connectivity index (χ1) is 10.1. The van der Waals surface area contributed by atoms with E-state index in [1.807, 2.05) is 0 Å². The van der Waals surface area contributed by atoms with Crippen LogP contribution < -0.4 is 5.32 Å². The van der Waals surface area contributed by atoms with E-state index in [1.165, 1.54) is 36.6 Å². The standard InChI is InChI=1S/C16H15ClN2O2/c17-15-8-7-14(19(20)21)9-16(15)18-10-11-1-3-12(4-2-11)13-5-6-13/h1-4,7-9,13,18H,5-6,10H2. The Balaban J connectivity index is 1.68. The van der Waals surface area contributed by atoms with Crippen LogP contribution in [-0.2, 0) is 6.54 Å². The predicted molar refractivity (Wildman–Crippen MR) is 83.9 cm³/mol. The number of hydrogen-bond donors (Lipinski definition) is 1. The van der Waals surface area contributed by atoms with Crippen molar-refractivity contribution in [2.75, 3.05) is 5.32 Å². The first-order valence-corrected chi connectivity index (χ1v) is 7.28. The van der Waals surface area contributed by atoms with Crippen molar-refractivity contribution in [3.05, 3.63) is 68.7 Å². The lowest BCUT2D eigenvalue weighted by molar-refractivity contribution is -0.384. The molecule has 0 saturated heterocycles. The molecule has 0 radical (unpaired) electrons. The normalized spacial score (nSPS) is 14.0. The van der Waals surface area contributed by atoms with Crippen molar-refractivity contribution >= 4 is 23.0 Å². The van der Waals surface area contributed by atoms with Crippen LogP contribution in [0.4, 0.5) is 11.4 Å². The molecule has 1 aliphatic rings. The maximum absolute atomic E-state index is 10.8. The Hall–Kier alpha value is -2.07.